The maximum atomic E-state index is 12.3. The highest BCUT2D eigenvalue weighted by Crippen LogP contribution is 2.32. The van der Waals surface area contributed by atoms with E-state index in [9.17, 15) is 14.7 Å². The first-order valence-electron chi connectivity index (χ1n) is 5.94. The van der Waals surface area contributed by atoms with E-state index in [4.69, 9.17) is 0 Å². The predicted octanol–water partition coefficient (Wildman–Crippen LogP) is 2.14. The molecule has 0 radical (unpaired) electrons. The number of benzene rings is 1. The van der Waals surface area contributed by atoms with Crippen LogP contribution < -0.4 is 0 Å². The molecule has 0 aliphatic carbocycles. The second-order valence-corrected chi connectivity index (χ2v) is 5.70. The van der Waals surface area contributed by atoms with Gasteiger partial charge in [-0.25, -0.2) is 4.79 Å². The molecule has 0 unspecified atom stereocenters. The first-order valence-corrected chi connectivity index (χ1v) is 5.94. The summed E-state index contributed by atoms with van der Waals surface area (Å²) in [5.41, 5.74) is 1.02. The van der Waals surface area contributed by atoms with E-state index in [0.717, 1.165) is 5.56 Å². The number of rotatable bonds is 2. The predicted molar refractivity (Wildman–Crippen MR) is 67.2 cm³/mol. The number of amides is 1. The lowest BCUT2D eigenvalue weighted by atomic mass is 9.85. The summed E-state index contributed by atoms with van der Waals surface area (Å²) in [5, 5.41) is 9.37. The smallest absolute Gasteiger partial charge is 0.326 e. The average molecular weight is 247 g/mol. The molecule has 4 nitrogen and oxygen atoms in total. The highest BCUT2D eigenvalue weighted by Gasteiger charge is 2.42. The Kier molecular flexibility index (Phi) is 2.89. The minimum Gasteiger partial charge on any atom is -0.480 e. The Bertz CT molecular complexity index is 502. The van der Waals surface area contributed by atoms with Gasteiger partial charge in [-0.2, -0.15) is 0 Å². The fourth-order valence-electron chi connectivity index (χ4n) is 2.46. The van der Waals surface area contributed by atoms with Gasteiger partial charge in [0.25, 0.3) is 5.91 Å². The van der Waals surface area contributed by atoms with Crippen molar-refractivity contribution in [3.63, 3.8) is 0 Å². The molecule has 0 saturated heterocycles. The van der Waals surface area contributed by atoms with Gasteiger partial charge in [0, 0.05) is 12.1 Å². The molecule has 1 amide bonds. The molecule has 0 spiro atoms. The molecule has 0 saturated carbocycles. The van der Waals surface area contributed by atoms with Crippen LogP contribution in [0.4, 0.5) is 0 Å². The summed E-state index contributed by atoms with van der Waals surface area (Å²) >= 11 is 0. The number of carboxylic acid groups (broad SMARTS) is 1. The minimum absolute atomic E-state index is 0.187. The maximum Gasteiger partial charge on any atom is 0.326 e. The number of carbonyl (C=O) groups is 2. The fraction of sp³-hybridized carbons (Fsp3) is 0.429. The molecule has 96 valence electrons. The van der Waals surface area contributed by atoms with Crippen LogP contribution in [0.1, 0.15) is 36.7 Å². The van der Waals surface area contributed by atoms with E-state index in [-0.39, 0.29) is 5.91 Å². The number of carboxylic acids is 1. The Morgan fingerprint density at radius 3 is 2.44 bits per heavy atom. The standard InChI is InChI=1S/C14H17NO3/c1-14(2,3)11(13(17)18)15-8-9-6-4-5-7-10(9)12(15)16/h4-7,11H,8H2,1-3H3,(H,17,18)/t11-/m1/s1. The lowest BCUT2D eigenvalue weighted by Gasteiger charge is -2.34. The van der Waals surface area contributed by atoms with Crippen LogP contribution in [0.5, 0.6) is 0 Å². The van der Waals surface area contributed by atoms with Gasteiger partial charge in [-0.3, -0.25) is 4.79 Å². The number of carbonyl (C=O) groups excluding carboxylic acids is 1. The highest BCUT2D eigenvalue weighted by molar-refractivity contribution is 6.00. The van der Waals surface area contributed by atoms with Gasteiger partial charge in [-0.1, -0.05) is 39.0 Å². The van der Waals surface area contributed by atoms with E-state index in [1.807, 2.05) is 32.9 Å². The quantitative estimate of drug-likeness (QED) is 0.871. The molecule has 1 aliphatic rings. The Morgan fingerprint density at radius 2 is 1.94 bits per heavy atom. The molecule has 0 fully saturated rings. The first-order chi connectivity index (χ1) is 8.32. The lowest BCUT2D eigenvalue weighted by molar-refractivity contribution is -0.146. The van der Waals surface area contributed by atoms with Crippen molar-refractivity contribution in [2.75, 3.05) is 0 Å². The summed E-state index contributed by atoms with van der Waals surface area (Å²) in [6.45, 7) is 5.88. The van der Waals surface area contributed by atoms with E-state index in [0.29, 0.717) is 12.1 Å². The zero-order chi connectivity index (χ0) is 13.5. The first kappa shape index (κ1) is 12.6. The molecule has 1 heterocycles. The Balaban J connectivity index is 2.38. The van der Waals surface area contributed by atoms with Crippen molar-refractivity contribution in [1.29, 1.82) is 0 Å². The number of fused-ring (bicyclic) bond motifs is 1. The second kappa shape index (κ2) is 4.12. The van der Waals surface area contributed by atoms with Gasteiger partial charge in [0.15, 0.2) is 0 Å². The Morgan fingerprint density at radius 1 is 1.33 bits per heavy atom. The van der Waals surface area contributed by atoms with E-state index < -0.39 is 17.4 Å². The molecule has 1 atom stereocenters. The Labute approximate surface area is 106 Å². The number of nitrogens with zero attached hydrogens (tertiary/aromatic N) is 1. The zero-order valence-corrected chi connectivity index (χ0v) is 10.8. The van der Waals surface area contributed by atoms with Crippen molar-refractivity contribution < 1.29 is 14.7 Å². The summed E-state index contributed by atoms with van der Waals surface area (Å²) in [4.78, 5) is 25.1. The van der Waals surface area contributed by atoms with Crippen molar-refractivity contribution in [3.8, 4) is 0 Å². The summed E-state index contributed by atoms with van der Waals surface area (Å²) < 4.78 is 0. The normalized spacial score (nSPS) is 16.6. The zero-order valence-electron chi connectivity index (χ0n) is 10.8. The molecular weight excluding hydrogens is 230 g/mol. The van der Waals surface area contributed by atoms with Crippen LogP contribution in [0.2, 0.25) is 0 Å². The van der Waals surface area contributed by atoms with Crippen molar-refractivity contribution in [2.24, 2.45) is 5.41 Å². The molecule has 0 aromatic heterocycles. The summed E-state index contributed by atoms with van der Waals surface area (Å²) in [6, 6.07) is 6.47. The van der Waals surface area contributed by atoms with Crippen LogP contribution in [0.25, 0.3) is 0 Å². The molecule has 1 aromatic rings. The van der Waals surface area contributed by atoms with Gasteiger partial charge >= 0.3 is 5.97 Å². The van der Waals surface area contributed by atoms with Gasteiger partial charge < -0.3 is 10.0 Å². The molecule has 18 heavy (non-hydrogen) atoms. The van der Waals surface area contributed by atoms with Crippen LogP contribution in [0, 0.1) is 5.41 Å². The van der Waals surface area contributed by atoms with E-state index in [1.54, 1.807) is 12.1 Å². The number of hydrogen-bond donors (Lipinski definition) is 1. The molecule has 0 bridgehead atoms. The topological polar surface area (TPSA) is 57.6 Å². The molecular formula is C14H17NO3. The number of hydrogen-bond acceptors (Lipinski definition) is 2. The minimum atomic E-state index is -0.955. The molecule has 2 rings (SSSR count). The molecule has 1 N–H and O–H groups in total. The Hall–Kier alpha value is -1.84. The van der Waals surface area contributed by atoms with Crippen LogP contribution in [-0.2, 0) is 11.3 Å². The van der Waals surface area contributed by atoms with Gasteiger partial charge in [0.05, 0.1) is 0 Å². The third kappa shape index (κ3) is 1.98. The largest absolute Gasteiger partial charge is 0.480 e. The van der Waals surface area contributed by atoms with Gasteiger partial charge in [-0.05, 0) is 17.0 Å². The fourth-order valence-corrected chi connectivity index (χ4v) is 2.46. The van der Waals surface area contributed by atoms with Crippen LogP contribution in [0.3, 0.4) is 0 Å². The summed E-state index contributed by atoms with van der Waals surface area (Å²) in [5.74, 6) is -1.14. The van der Waals surface area contributed by atoms with Crippen molar-refractivity contribution in [1.82, 2.24) is 4.90 Å². The number of aliphatic carboxylic acids is 1. The van der Waals surface area contributed by atoms with E-state index in [1.165, 1.54) is 4.90 Å². The van der Waals surface area contributed by atoms with Gasteiger partial charge in [-0.15, -0.1) is 0 Å². The van der Waals surface area contributed by atoms with Crippen LogP contribution in [-0.4, -0.2) is 27.9 Å². The van der Waals surface area contributed by atoms with Crippen LogP contribution >= 0.6 is 0 Å². The third-order valence-corrected chi connectivity index (χ3v) is 3.22. The monoisotopic (exact) mass is 247 g/mol. The van der Waals surface area contributed by atoms with Gasteiger partial charge in [0.1, 0.15) is 6.04 Å². The summed E-state index contributed by atoms with van der Waals surface area (Å²) in [6.07, 6.45) is 0. The van der Waals surface area contributed by atoms with Crippen molar-refractivity contribution in [3.05, 3.63) is 35.4 Å². The van der Waals surface area contributed by atoms with Crippen LogP contribution in [0.15, 0.2) is 24.3 Å². The molecule has 1 aromatic carbocycles. The molecule has 1 aliphatic heterocycles. The summed E-state index contributed by atoms with van der Waals surface area (Å²) in [7, 11) is 0. The SMILES string of the molecule is CC(C)(C)[C@@H](C(=O)O)N1Cc2ccccc2C1=O. The van der Waals surface area contributed by atoms with E-state index >= 15 is 0 Å². The maximum absolute atomic E-state index is 12.3. The third-order valence-electron chi connectivity index (χ3n) is 3.22. The second-order valence-electron chi connectivity index (χ2n) is 5.70. The lowest BCUT2D eigenvalue weighted by Crippen LogP contribution is -2.49. The average Bonchev–Trinajstić information content (AvgIpc) is 2.55. The molecule has 4 heteroatoms. The van der Waals surface area contributed by atoms with Crippen molar-refractivity contribution >= 4 is 11.9 Å². The van der Waals surface area contributed by atoms with Gasteiger partial charge in [0.2, 0.25) is 0 Å². The van der Waals surface area contributed by atoms with E-state index in [2.05, 4.69) is 0 Å². The van der Waals surface area contributed by atoms with Crippen molar-refractivity contribution in [2.45, 2.75) is 33.4 Å². The highest BCUT2D eigenvalue weighted by atomic mass is 16.4.